The lowest BCUT2D eigenvalue weighted by molar-refractivity contribution is 0.0166. The molecule has 3 rings (SSSR count). The third-order valence-electron chi connectivity index (χ3n) is 6.53. The van der Waals surface area contributed by atoms with Crippen LogP contribution < -0.4 is 10.6 Å². The van der Waals surface area contributed by atoms with Crippen LogP contribution in [-0.4, -0.2) is 73.9 Å². The van der Waals surface area contributed by atoms with Crippen LogP contribution in [0.15, 0.2) is 30.3 Å². The lowest BCUT2D eigenvalue weighted by atomic mass is 9.88. The maximum Gasteiger partial charge on any atom is 0.314 e. The zero-order valence-corrected chi connectivity index (χ0v) is 19.2. The number of amides is 2. The number of ether oxygens (including phenoxy) is 1. The molecule has 2 N–H and O–H groups in total. The summed E-state index contributed by atoms with van der Waals surface area (Å²) in [6.45, 7) is 15.8. The minimum absolute atomic E-state index is 0.0523. The van der Waals surface area contributed by atoms with E-state index in [0.717, 1.165) is 39.4 Å². The van der Waals surface area contributed by atoms with E-state index in [4.69, 9.17) is 4.74 Å². The van der Waals surface area contributed by atoms with Crippen molar-refractivity contribution < 1.29 is 9.53 Å². The second-order valence-corrected chi connectivity index (χ2v) is 9.80. The Morgan fingerprint density at radius 2 is 1.73 bits per heavy atom. The molecule has 1 aromatic carbocycles. The Hall–Kier alpha value is -1.63. The van der Waals surface area contributed by atoms with E-state index in [1.165, 1.54) is 12.0 Å². The molecular weight excluding hydrogens is 376 g/mol. The van der Waals surface area contributed by atoms with Gasteiger partial charge in [0, 0.05) is 44.8 Å². The summed E-state index contributed by atoms with van der Waals surface area (Å²) >= 11 is 0. The van der Waals surface area contributed by atoms with Crippen LogP contribution in [0.4, 0.5) is 4.79 Å². The Morgan fingerprint density at radius 1 is 1.10 bits per heavy atom. The minimum atomic E-state index is -0.0876. The van der Waals surface area contributed by atoms with E-state index in [-0.39, 0.29) is 17.6 Å². The molecule has 2 aliphatic rings. The first-order valence-electron chi connectivity index (χ1n) is 11.5. The first kappa shape index (κ1) is 23.0. The summed E-state index contributed by atoms with van der Waals surface area (Å²) in [6.07, 6.45) is 1.29. The zero-order chi connectivity index (χ0) is 21.6. The smallest absolute Gasteiger partial charge is 0.314 e. The van der Waals surface area contributed by atoms with Crippen molar-refractivity contribution in [1.29, 1.82) is 0 Å². The van der Waals surface area contributed by atoms with Gasteiger partial charge in [0.25, 0.3) is 0 Å². The van der Waals surface area contributed by atoms with E-state index in [9.17, 15) is 4.79 Å². The van der Waals surface area contributed by atoms with Crippen molar-refractivity contribution in [3.63, 3.8) is 0 Å². The molecule has 0 aliphatic carbocycles. The number of hydrogen-bond acceptors (Lipinski definition) is 4. The van der Waals surface area contributed by atoms with Gasteiger partial charge in [-0.25, -0.2) is 4.79 Å². The highest BCUT2D eigenvalue weighted by Gasteiger charge is 2.33. The fourth-order valence-corrected chi connectivity index (χ4v) is 4.84. The van der Waals surface area contributed by atoms with Crippen molar-refractivity contribution in [2.75, 3.05) is 52.5 Å². The largest absolute Gasteiger partial charge is 0.379 e. The summed E-state index contributed by atoms with van der Waals surface area (Å²) in [4.78, 5) is 17.6. The standard InChI is InChI=1S/C24H40N4O2/c1-19-14-20(2)17-28(16-19)24(3,4)18-26-23(29)25-15-22(21-8-6-5-7-9-21)27-10-12-30-13-11-27/h5-9,19-20,22H,10-18H2,1-4H3,(H2,25,26,29). The number of nitrogens with one attached hydrogen (secondary N) is 2. The molecule has 2 fully saturated rings. The van der Waals surface area contributed by atoms with Crippen LogP contribution in [0.5, 0.6) is 0 Å². The van der Waals surface area contributed by atoms with Gasteiger partial charge >= 0.3 is 6.03 Å². The number of carbonyl (C=O) groups excluding carboxylic acids is 1. The molecule has 2 aliphatic heterocycles. The Morgan fingerprint density at radius 3 is 2.37 bits per heavy atom. The molecule has 0 aromatic heterocycles. The van der Waals surface area contributed by atoms with E-state index >= 15 is 0 Å². The van der Waals surface area contributed by atoms with Crippen LogP contribution in [0.25, 0.3) is 0 Å². The van der Waals surface area contributed by atoms with Crippen molar-refractivity contribution in [2.45, 2.75) is 45.7 Å². The van der Waals surface area contributed by atoms with Crippen molar-refractivity contribution >= 4 is 6.03 Å². The number of carbonyl (C=O) groups is 1. The Balaban J connectivity index is 1.52. The molecule has 0 bridgehead atoms. The van der Waals surface area contributed by atoms with Gasteiger partial charge in [0.1, 0.15) is 0 Å². The highest BCUT2D eigenvalue weighted by atomic mass is 16.5. The minimum Gasteiger partial charge on any atom is -0.379 e. The fraction of sp³-hybridized carbons (Fsp3) is 0.708. The van der Waals surface area contributed by atoms with Gasteiger partial charge in [-0.3, -0.25) is 9.80 Å². The number of nitrogens with zero attached hydrogens (tertiary/aromatic N) is 2. The number of benzene rings is 1. The summed E-state index contributed by atoms with van der Waals surface area (Å²) in [7, 11) is 0. The number of urea groups is 1. The van der Waals surface area contributed by atoms with Gasteiger partial charge in [-0.15, -0.1) is 0 Å². The quantitative estimate of drug-likeness (QED) is 0.717. The summed E-state index contributed by atoms with van der Waals surface area (Å²) in [6, 6.07) is 10.5. The number of hydrogen-bond donors (Lipinski definition) is 2. The number of piperidine rings is 1. The number of morpholine rings is 1. The van der Waals surface area contributed by atoms with Gasteiger partial charge in [-0.2, -0.15) is 0 Å². The average molecular weight is 417 g/mol. The average Bonchev–Trinajstić information content (AvgIpc) is 2.73. The van der Waals surface area contributed by atoms with E-state index in [2.05, 4.69) is 72.4 Å². The van der Waals surface area contributed by atoms with Gasteiger partial charge in [-0.05, 0) is 37.7 Å². The van der Waals surface area contributed by atoms with Crippen molar-refractivity contribution in [3.8, 4) is 0 Å². The van der Waals surface area contributed by atoms with Crippen LogP contribution in [0.2, 0.25) is 0 Å². The molecule has 1 aromatic rings. The molecular formula is C24H40N4O2. The first-order valence-corrected chi connectivity index (χ1v) is 11.5. The second-order valence-electron chi connectivity index (χ2n) is 9.80. The van der Waals surface area contributed by atoms with Gasteiger partial charge in [0.2, 0.25) is 0 Å². The first-order chi connectivity index (χ1) is 14.3. The predicted molar refractivity (Wildman–Crippen MR) is 122 cm³/mol. The van der Waals surface area contributed by atoms with Crippen molar-refractivity contribution in [2.24, 2.45) is 11.8 Å². The van der Waals surface area contributed by atoms with E-state index < -0.39 is 0 Å². The lowest BCUT2D eigenvalue weighted by Crippen LogP contribution is -2.57. The monoisotopic (exact) mass is 416 g/mol. The molecule has 2 heterocycles. The third kappa shape index (κ3) is 6.43. The number of likely N-dealkylation sites (tertiary alicyclic amines) is 1. The van der Waals surface area contributed by atoms with Crippen LogP contribution in [0.3, 0.4) is 0 Å². The van der Waals surface area contributed by atoms with Crippen LogP contribution in [-0.2, 0) is 4.74 Å². The maximum absolute atomic E-state index is 12.6. The molecule has 3 atom stereocenters. The van der Waals surface area contributed by atoms with E-state index in [1.54, 1.807) is 0 Å². The van der Waals surface area contributed by atoms with Crippen LogP contribution >= 0.6 is 0 Å². The van der Waals surface area contributed by atoms with E-state index in [0.29, 0.717) is 24.9 Å². The predicted octanol–water partition coefficient (Wildman–Crippen LogP) is 3.12. The van der Waals surface area contributed by atoms with Gasteiger partial charge in [0.15, 0.2) is 0 Å². The van der Waals surface area contributed by atoms with E-state index in [1.807, 2.05) is 6.07 Å². The van der Waals surface area contributed by atoms with Gasteiger partial charge in [0.05, 0.1) is 19.3 Å². The third-order valence-corrected chi connectivity index (χ3v) is 6.53. The summed E-state index contributed by atoms with van der Waals surface area (Å²) in [5.41, 5.74) is 1.18. The van der Waals surface area contributed by atoms with Gasteiger partial charge < -0.3 is 15.4 Å². The topological polar surface area (TPSA) is 56.8 Å². The fourth-order valence-electron chi connectivity index (χ4n) is 4.84. The zero-order valence-electron chi connectivity index (χ0n) is 19.2. The maximum atomic E-state index is 12.6. The molecule has 0 spiro atoms. The normalized spacial score (nSPS) is 24.9. The van der Waals surface area contributed by atoms with Crippen molar-refractivity contribution in [1.82, 2.24) is 20.4 Å². The van der Waals surface area contributed by atoms with Gasteiger partial charge in [-0.1, -0.05) is 44.2 Å². The Labute approximate surface area is 182 Å². The highest BCUT2D eigenvalue weighted by Crippen LogP contribution is 2.27. The summed E-state index contributed by atoms with van der Waals surface area (Å²) in [5, 5.41) is 6.25. The highest BCUT2D eigenvalue weighted by molar-refractivity contribution is 5.74. The summed E-state index contributed by atoms with van der Waals surface area (Å²) < 4.78 is 5.51. The SMILES string of the molecule is CC1CC(C)CN(C(C)(C)CNC(=O)NCC(c2ccccc2)N2CCOCC2)C1. The molecule has 6 nitrogen and oxygen atoms in total. The molecule has 2 saturated heterocycles. The molecule has 168 valence electrons. The Bertz CT molecular complexity index is 650. The molecule has 2 amide bonds. The second kappa shape index (κ2) is 10.6. The molecule has 0 radical (unpaired) electrons. The molecule has 6 heteroatoms. The lowest BCUT2D eigenvalue weighted by Gasteiger charge is -2.45. The Kier molecular flexibility index (Phi) is 8.14. The van der Waals surface area contributed by atoms with Crippen LogP contribution in [0.1, 0.15) is 45.7 Å². The molecule has 0 saturated carbocycles. The van der Waals surface area contributed by atoms with Crippen molar-refractivity contribution in [3.05, 3.63) is 35.9 Å². The molecule has 3 unspecified atom stereocenters. The molecule has 30 heavy (non-hydrogen) atoms. The number of rotatable bonds is 7. The summed E-state index contributed by atoms with van der Waals surface area (Å²) in [5.74, 6) is 1.42. The van der Waals surface area contributed by atoms with Crippen LogP contribution in [0, 0.1) is 11.8 Å².